The van der Waals surface area contributed by atoms with E-state index in [1.165, 1.54) is 0 Å². The molecule has 1 aromatic carbocycles. The number of likely N-dealkylation sites (N-methyl/N-ethyl adjacent to an activating group) is 1. The first kappa shape index (κ1) is 14.4. The average Bonchev–Trinajstić information content (AvgIpc) is 2.36. The van der Waals surface area contributed by atoms with Crippen LogP contribution < -0.4 is 5.32 Å². The van der Waals surface area contributed by atoms with E-state index in [1.807, 2.05) is 19.1 Å². The topological polar surface area (TPSA) is 55.4 Å². The lowest BCUT2D eigenvalue weighted by Gasteiger charge is -2.14. The van der Waals surface area contributed by atoms with Crippen molar-refractivity contribution in [2.75, 3.05) is 13.7 Å². The maximum Gasteiger partial charge on any atom is 0.307 e. The molecule has 0 heterocycles. The number of ether oxygens (including phenoxy) is 1. The Morgan fingerprint density at radius 3 is 2.39 bits per heavy atom. The lowest BCUT2D eigenvalue weighted by Crippen LogP contribution is -2.36. The number of carbonyl (C=O) groups is 2. The molecule has 0 aliphatic rings. The molecule has 98 valence electrons. The monoisotopic (exact) mass is 249 g/mol. The molecule has 1 N–H and O–H groups in total. The Kier molecular flexibility index (Phi) is 5.52. The molecule has 0 aliphatic heterocycles. The summed E-state index contributed by atoms with van der Waals surface area (Å²) in [5.41, 5.74) is 1.70. The lowest BCUT2D eigenvalue weighted by molar-refractivity contribution is -0.143. The van der Waals surface area contributed by atoms with Crippen LogP contribution in [0.3, 0.4) is 0 Å². The zero-order chi connectivity index (χ0) is 13.5. The van der Waals surface area contributed by atoms with Gasteiger partial charge in [-0.15, -0.1) is 0 Å². The number of nitrogens with one attached hydrogen (secondary N) is 1. The predicted octanol–water partition coefficient (Wildman–Crippen LogP) is 1.72. The van der Waals surface area contributed by atoms with Crippen LogP contribution in [0.4, 0.5) is 0 Å². The number of carbonyl (C=O) groups excluding carboxylic acids is 2. The number of hydrogen-bond donors (Lipinski definition) is 1. The second kappa shape index (κ2) is 6.91. The van der Waals surface area contributed by atoms with Gasteiger partial charge in [0.15, 0.2) is 5.78 Å². The number of esters is 1. The Morgan fingerprint density at radius 1 is 1.28 bits per heavy atom. The molecule has 1 atom stereocenters. The van der Waals surface area contributed by atoms with Crippen LogP contribution in [0.1, 0.15) is 29.3 Å². The number of ketones is 1. The molecular weight excluding hydrogens is 230 g/mol. The van der Waals surface area contributed by atoms with E-state index < -0.39 is 6.04 Å². The third kappa shape index (κ3) is 3.96. The summed E-state index contributed by atoms with van der Waals surface area (Å²) in [6, 6.07) is 6.77. The Hall–Kier alpha value is -1.68. The van der Waals surface area contributed by atoms with Crippen LogP contribution in [0.15, 0.2) is 24.3 Å². The number of aryl methyl sites for hydroxylation is 1. The first-order chi connectivity index (χ1) is 8.58. The highest BCUT2D eigenvalue weighted by Crippen LogP contribution is 2.09. The average molecular weight is 249 g/mol. The van der Waals surface area contributed by atoms with Crippen molar-refractivity contribution in [3.63, 3.8) is 0 Å². The van der Waals surface area contributed by atoms with Crippen LogP contribution in [0.2, 0.25) is 0 Å². The van der Waals surface area contributed by atoms with Gasteiger partial charge in [-0.2, -0.15) is 0 Å². The molecule has 18 heavy (non-hydrogen) atoms. The third-order valence-electron chi connectivity index (χ3n) is 2.68. The lowest BCUT2D eigenvalue weighted by atomic mass is 10.0. The quantitative estimate of drug-likeness (QED) is 0.616. The van der Waals surface area contributed by atoms with Gasteiger partial charge in [0.25, 0.3) is 0 Å². The molecule has 4 heteroatoms. The maximum atomic E-state index is 12.2. The van der Waals surface area contributed by atoms with Gasteiger partial charge in [-0.05, 0) is 20.9 Å². The Balaban J connectivity index is 2.73. The molecular formula is C14H19NO3. The molecule has 0 aliphatic carbocycles. The second-order valence-electron chi connectivity index (χ2n) is 4.08. The summed E-state index contributed by atoms with van der Waals surface area (Å²) >= 11 is 0. The van der Waals surface area contributed by atoms with E-state index in [-0.39, 0.29) is 18.2 Å². The van der Waals surface area contributed by atoms with E-state index in [9.17, 15) is 9.59 Å². The standard InChI is InChI=1S/C14H19NO3/c1-4-18-13(16)9-12(15-3)14(17)11-7-5-10(2)6-8-11/h5-8,12,15H,4,9H2,1-3H3. The number of rotatable bonds is 6. The van der Waals surface area contributed by atoms with Crippen molar-refractivity contribution in [1.82, 2.24) is 5.32 Å². The summed E-state index contributed by atoms with van der Waals surface area (Å²) in [6.45, 7) is 4.03. The molecule has 0 bridgehead atoms. The summed E-state index contributed by atoms with van der Waals surface area (Å²) in [4.78, 5) is 23.5. The maximum absolute atomic E-state index is 12.2. The smallest absolute Gasteiger partial charge is 0.307 e. The molecule has 0 radical (unpaired) electrons. The summed E-state index contributed by atoms with van der Waals surface area (Å²) < 4.78 is 4.85. The molecule has 0 saturated heterocycles. The number of benzene rings is 1. The van der Waals surface area contributed by atoms with E-state index in [1.54, 1.807) is 26.1 Å². The summed E-state index contributed by atoms with van der Waals surface area (Å²) in [7, 11) is 1.66. The van der Waals surface area contributed by atoms with Gasteiger partial charge in [-0.3, -0.25) is 9.59 Å². The predicted molar refractivity (Wildman–Crippen MR) is 69.6 cm³/mol. The SMILES string of the molecule is CCOC(=O)CC(NC)C(=O)c1ccc(C)cc1. The highest BCUT2D eigenvalue weighted by molar-refractivity contribution is 6.01. The van der Waals surface area contributed by atoms with E-state index >= 15 is 0 Å². The fraction of sp³-hybridized carbons (Fsp3) is 0.429. The fourth-order valence-corrected chi connectivity index (χ4v) is 1.63. The van der Waals surface area contributed by atoms with Crippen LogP contribution in [0.25, 0.3) is 0 Å². The van der Waals surface area contributed by atoms with E-state index in [0.29, 0.717) is 12.2 Å². The largest absolute Gasteiger partial charge is 0.466 e. The van der Waals surface area contributed by atoms with Crippen LogP contribution >= 0.6 is 0 Å². The normalized spacial score (nSPS) is 11.9. The molecule has 1 aromatic rings. The fourth-order valence-electron chi connectivity index (χ4n) is 1.63. The molecule has 1 unspecified atom stereocenters. The van der Waals surface area contributed by atoms with Crippen LogP contribution in [0.5, 0.6) is 0 Å². The third-order valence-corrected chi connectivity index (χ3v) is 2.68. The number of Topliss-reactive ketones (excluding diaryl/α,β-unsaturated/α-hetero) is 1. The van der Waals surface area contributed by atoms with E-state index in [4.69, 9.17) is 4.74 Å². The molecule has 0 spiro atoms. The van der Waals surface area contributed by atoms with Gasteiger partial charge in [-0.25, -0.2) is 0 Å². The highest BCUT2D eigenvalue weighted by Gasteiger charge is 2.21. The van der Waals surface area contributed by atoms with Crippen LogP contribution in [-0.4, -0.2) is 31.4 Å². The van der Waals surface area contributed by atoms with Crippen molar-refractivity contribution in [1.29, 1.82) is 0 Å². The minimum atomic E-state index is -0.535. The first-order valence-corrected chi connectivity index (χ1v) is 6.02. The zero-order valence-electron chi connectivity index (χ0n) is 11.0. The number of hydrogen-bond acceptors (Lipinski definition) is 4. The molecule has 0 saturated carbocycles. The summed E-state index contributed by atoms with van der Waals surface area (Å²) in [5, 5.41) is 2.85. The molecule has 1 rings (SSSR count). The van der Waals surface area contributed by atoms with Gasteiger partial charge in [0.1, 0.15) is 0 Å². The van der Waals surface area contributed by atoms with Gasteiger partial charge in [-0.1, -0.05) is 29.8 Å². The summed E-state index contributed by atoms with van der Waals surface area (Å²) in [5.74, 6) is -0.456. The van der Waals surface area contributed by atoms with Crippen molar-refractivity contribution in [2.45, 2.75) is 26.3 Å². The Morgan fingerprint density at radius 2 is 1.89 bits per heavy atom. The van der Waals surface area contributed by atoms with Gasteiger partial charge >= 0.3 is 5.97 Å². The van der Waals surface area contributed by atoms with Crippen molar-refractivity contribution < 1.29 is 14.3 Å². The molecule has 0 fully saturated rings. The van der Waals surface area contributed by atoms with Gasteiger partial charge in [0.05, 0.1) is 19.1 Å². The minimum Gasteiger partial charge on any atom is -0.466 e. The molecule has 0 amide bonds. The van der Waals surface area contributed by atoms with Gasteiger partial charge in [0.2, 0.25) is 0 Å². The second-order valence-corrected chi connectivity index (χ2v) is 4.08. The Bertz CT molecular complexity index is 412. The first-order valence-electron chi connectivity index (χ1n) is 6.02. The Labute approximate surface area is 107 Å². The summed E-state index contributed by atoms with van der Waals surface area (Å²) in [6.07, 6.45) is 0.0526. The van der Waals surface area contributed by atoms with Crippen LogP contribution in [-0.2, 0) is 9.53 Å². The van der Waals surface area contributed by atoms with Crippen molar-refractivity contribution in [2.24, 2.45) is 0 Å². The van der Waals surface area contributed by atoms with Crippen molar-refractivity contribution >= 4 is 11.8 Å². The van der Waals surface area contributed by atoms with Crippen molar-refractivity contribution in [3.05, 3.63) is 35.4 Å². The zero-order valence-corrected chi connectivity index (χ0v) is 11.0. The van der Waals surface area contributed by atoms with Crippen LogP contribution in [0, 0.1) is 6.92 Å². The van der Waals surface area contributed by atoms with E-state index in [2.05, 4.69) is 5.32 Å². The minimum absolute atomic E-state index is 0.0526. The van der Waals surface area contributed by atoms with Gasteiger partial charge < -0.3 is 10.1 Å². The van der Waals surface area contributed by atoms with Gasteiger partial charge in [0, 0.05) is 5.56 Å². The highest BCUT2D eigenvalue weighted by atomic mass is 16.5. The molecule has 0 aromatic heterocycles. The molecule has 4 nitrogen and oxygen atoms in total. The van der Waals surface area contributed by atoms with Crippen molar-refractivity contribution in [3.8, 4) is 0 Å². The van der Waals surface area contributed by atoms with E-state index in [0.717, 1.165) is 5.56 Å².